The summed E-state index contributed by atoms with van der Waals surface area (Å²) >= 11 is 0. The van der Waals surface area contributed by atoms with E-state index in [-0.39, 0.29) is 24.1 Å². The third kappa shape index (κ3) is 6.03. The molecule has 0 aromatic heterocycles. The van der Waals surface area contributed by atoms with Gasteiger partial charge in [0.15, 0.2) is 0 Å². The first kappa shape index (κ1) is 17.3. The van der Waals surface area contributed by atoms with Crippen LogP contribution in [0.2, 0.25) is 0 Å². The number of nitrogens with one attached hydrogen (secondary N) is 1. The van der Waals surface area contributed by atoms with Gasteiger partial charge in [0.25, 0.3) is 0 Å². The summed E-state index contributed by atoms with van der Waals surface area (Å²) in [6.07, 6.45) is -4.72. The molecule has 1 rings (SSSR count). The normalized spacial score (nSPS) is 12.9. The minimum absolute atomic E-state index is 0.0773. The summed E-state index contributed by atoms with van der Waals surface area (Å²) < 4.78 is 40.3. The zero-order chi connectivity index (χ0) is 16.0. The van der Waals surface area contributed by atoms with Crippen LogP contribution in [0.15, 0.2) is 24.3 Å². The van der Waals surface area contributed by atoms with Gasteiger partial charge in [-0.1, -0.05) is 19.1 Å². The molecule has 4 nitrogen and oxygen atoms in total. The van der Waals surface area contributed by atoms with Gasteiger partial charge < -0.3 is 15.0 Å². The number of carbonyl (C=O) groups is 1. The number of alkyl halides is 3. The zero-order valence-electron chi connectivity index (χ0n) is 12.2. The van der Waals surface area contributed by atoms with Crippen molar-refractivity contribution in [3.63, 3.8) is 0 Å². The Labute approximate surface area is 121 Å². The van der Waals surface area contributed by atoms with Crippen LogP contribution in [0.5, 0.6) is 5.75 Å². The van der Waals surface area contributed by atoms with Gasteiger partial charge in [-0.3, -0.25) is 4.79 Å². The van der Waals surface area contributed by atoms with E-state index < -0.39 is 6.36 Å². The van der Waals surface area contributed by atoms with Crippen molar-refractivity contribution in [1.82, 2.24) is 10.2 Å². The molecule has 0 saturated heterocycles. The zero-order valence-corrected chi connectivity index (χ0v) is 12.2. The van der Waals surface area contributed by atoms with E-state index in [0.717, 1.165) is 0 Å². The number of ether oxygens (including phenoxy) is 1. The van der Waals surface area contributed by atoms with E-state index in [9.17, 15) is 18.0 Å². The van der Waals surface area contributed by atoms with Crippen molar-refractivity contribution in [2.45, 2.75) is 19.8 Å². The molecular formula is C14H19F3N2O2. The molecule has 1 aromatic carbocycles. The van der Waals surface area contributed by atoms with Gasteiger partial charge in [0.05, 0.1) is 0 Å². The Morgan fingerprint density at radius 2 is 2.10 bits per heavy atom. The first-order valence-electron chi connectivity index (χ1n) is 6.47. The number of hydrogen-bond acceptors (Lipinski definition) is 3. The Kier molecular flexibility index (Phi) is 6.02. The fraction of sp³-hybridized carbons (Fsp3) is 0.500. The Balaban J connectivity index is 2.70. The van der Waals surface area contributed by atoms with Crippen molar-refractivity contribution in [2.24, 2.45) is 5.92 Å². The lowest BCUT2D eigenvalue weighted by Gasteiger charge is -2.21. The van der Waals surface area contributed by atoms with Crippen molar-refractivity contribution >= 4 is 5.91 Å². The van der Waals surface area contributed by atoms with Crippen LogP contribution in [-0.2, 0) is 11.3 Å². The molecule has 7 heteroatoms. The lowest BCUT2D eigenvalue weighted by molar-refractivity contribution is -0.274. The first-order chi connectivity index (χ1) is 9.73. The van der Waals surface area contributed by atoms with Crippen LogP contribution in [0.1, 0.15) is 12.5 Å². The van der Waals surface area contributed by atoms with Crippen molar-refractivity contribution < 1.29 is 22.7 Å². The molecule has 0 heterocycles. The van der Waals surface area contributed by atoms with Gasteiger partial charge in [-0.25, -0.2) is 0 Å². The van der Waals surface area contributed by atoms with Crippen molar-refractivity contribution in [1.29, 1.82) is 0 Å². The maximum Gasteiger partial charge on any atom is 0.573 e. The van der Waals surface area contributed by atoms with Crippen molar-refractivity contribution in [2.75, 3.05) is 20.6 Å². The van der Waals surface area contributed by atoms with E-state index in [1.807, 2.05) is 0 Å². The quantitative estimate of drug-likeness (QED) is 0.877. The van der Waals surface area contributed by atoms with Crippen molar-refractivity contribution in [3.05, 3.63) is 29.8 Å². The maximum atomic E-state index is 12.2. The predicted molar refractivity (Wildman–Crippen MR) is 72.7 cm³/mol. The van der Waals surface area contributed by atoms with Gasteiger partial charge >= 0.3 is 6.36 Å². The lowest BCUT2D eigenvalue weighted by Crippen LogP contribution is -2.35. The van der Waals surface area contributed by atoms with Crippen LogP contribution < -0.4 is 10.1 Å². The van der Waals surface area contributed by atoms with E-state index in [2.05, 4.69) is 10.1 Å². The van der Waals surface area contributed by atoms with E-state index in [1.54, 1.807) is 27.1 Å². The summed E-state index contributed by atoms with van der Waals surface area (Å²) in [6.45, 7) is 2.56. The molecule has 1 aromatic rings. The summed E-state index contributed by atoms with van der Waals surface area (Å²) in [6, 6.07) is 5.62. The molecule has 0 aliphatic rings. The Morgan fingerprint density at radius 1 is 1.43 bits per heavy atom. The molecule has 0 aliphatic heterocycles. The van der Waals surface area contributed by atoms with E-state index in [0.29, 0.717) is 12.1 Å². The Bertz CT molecular complexity index is 478. The molecule has 1 amide bonds. The molecular weight excluding hydrogens is 285 g/mol. The highest BCUT2D eigenvalue weighted by atomic mass is 19.4. The number of rotatable bonds is 6. The van der Waals surface area contributed by atoms with Crippen LogP contribution in [-0.4, -0.2) is 37.8 Å². The Morgan fingerprint density at radius 3 is 2.67 bits per heavy atom. The molecule has 0 fully saturated rings. The molecule has 118 valence electrons. The fourth-order valence-electron chi connectivity index (χ4n) is 1.96. The molecule has 1 unspecified atom stereocenters. The summed E-state index contributed by atoms with van der Waals surface area (Å²) in [5.74, 6) is -0.565. The SMILES string of the molecule is CNCC(C)C(=O)N(C)Cc1cccc(OC(F)(F)F)c1. The second-order valence-electron chi connectivity index (χ2n) is 4.85. The third-order valence-electron chi connectivity index (χ3n) is 2.86. The highest BCUT2D eigenvalue weighted by Crippen LogP contribution is 2.23. The number of hydrogen-bond donors (Lipinski definition) is 1. The number of benzene rings is 1. The number of amides is 1. The molecule has 0 spiro atoms. The summed E-state index contributed by atoms with van der Waals surface area (Å²) in [4.78, 5) is 13.5. The van der Waals surface area contributed by atoms with Gasteiger partial charge in [0.1, 0.15) is 5.75 Å². The highest BCUT2D eigenvalue weighted by molar-refractivity contribution is 5.78. The molecule has 1 N–H and O–H groups in total. The average molecular weight is 304 g/mol. The summed E-state index contributed by atoms with van der Waals surface area (Å²) in [7, 11) is 3.37. The standard InChI is InChI=1S/C14H19F3N2O2/c1-10(8-18-2)13(20)19(3)9-11-5-4-6-12(7-11)21-14(15,16)17/h4-7,10,18H,8-9H2,1-3H3. The van der Waals surface area contributed by atoms with Crippen molar-refractivity contribution in [3.8, 4) is 5.75 Å². The Hall–Kier alpha value is -1.76. The highest BCUT2D eigenvalue weighted by Gasteiger charge is 2.31. The van der Waals surface area contributed by atoms with Crippen LogP contribution in [0.4, 0.5) is 13.2 Å². The maximum absolute atomic E-state index is 12.2. The second-order valence-corrected chi connectivity index (χ2v) is 4.85. The topological polar surface area (TPSA) is 41.6 Å². The number of halogens is 3. The molecule has 0 bridgehead atoms. The smallest absolute Gasteiger partial charge is 0.406 e. The largest absolute Gasteiger partial charge is 0.573 e. The second kappa shape index (κ2) is 7.31. The van der Waals surface area contributed by atoms with E-state index >= 15 is 0 Å². The molecule has 0 radical (unpaired) electrons. The molecule has 0 saturated carbocycles. The number of nitrogens with zero attached hydrogens (tertiary/aromatic N) is 1. The van der Waals surface area contributed by atoms with E-state index in [4.69, 9.17) is 0 Å². The molecule has 1 atom stereocenters. The van der Waals surface area contributed by atoms with E-state index in [1.165, 1.54) is 23.1 Å². The minimum atomic E-state index is -4.72. The van der Waals surface area contributed by atoms with Gasteiger partial charge in [-0.2, -0.15) is 0 Å². The molecule has 0 aliphatic carbocycles. The van der Waals surface area contributed by atoms with Gasteiger partial charge in [-0.05, 0) is 24.7 Å². The third-order valence-corrected chi connectivity index (χ3v) is 2.86. The van der Waals surface area contributed by atoms with Crippen LogP contribution >= 0.6 is 0 Å². The summed E-state index contributed by atoms with van der Waals surface area (Å²) in [5, 5.41) is 2.91. The minimum Gasteiger partial charge on any atom is -0.406 e. The van der Waals surface area contributed by atoms with Gasteiger partial charge in [-0.15, -0.1) is 13.2 Å². The summed E-state index contributed by atoms with van der Waals surface area (Å²) in [5.41, 5.74) is 0.573. The predicted octanol–water partition coefficient (Wildman–Crippen LogP) is 2.40. The van der Waals surface area contributed by atoms with Gasteiger partial charge in [0.2, 0.25) is 5.91 Å². The first-order valence-corrected chi connectivity index (χ1v) is 6.47. The molecule has 21 heavy (non-hydrogen) atoms. The van der Waals surface area contributed by atoms with Crippen LogP contribution in [0, 0.1) is 5.92 Å². The van der Waals surface area contributed by atoms with Crippen LogP contribution in [0.25, 0.3) is 0 Å². The van der Waals surface area contributed by atoms with Crippen LogP contribution in [0.3, 0.4) is 0 Å². The average Bonchev–Trinajstić information content (AvgIpc) is 2.36. The lowest BCUT2D eigenvalue weighted by atomic mass is 10.1. The number of carbonyl (C=O) groups excluding carboxylic acids is 1. The monoisotopic (exact) mass is 304 g/mol. The van der Waals surface area contributed by atoms with Gasteiger partial charge in [0, 0.05) is 26.1 Å². The fourth-order valence-corrected chi connectivity index (χ4v) is 1.96.